The predicted molar refractivity (Wildman–Crippen MR) is 65.6 cm³/mol. The minimum absolute atomic E-state index is 0.153. The van der Waals surface area contributed by atoms with E-state index >= 15 is 0 Å². The van der Waals surface area contributed by atoms with E-state index < -0.39 is 0 Å². The highest BCUT2D eigenvalue weighted by molar-refractivity contribution is 6.21. The van der Waals surface area contributed by atoms with Gasteiger partial charge in [0.05, 0.1) is 11.1 Å². The van der Waals surface area contributed by atoms with Gasteiger partial charge in [-0.15, -0.1) is 0 Å². The van der Waals surface area contributed by atoms with Gasteiger partial charge in [0.1, 0.15) is 0 Å². The fourth-order valence-corrected chi connectivity index (χ4v) is 2.07. The first kappa shape index (κ1) is 11.8. The molecule has 1 heterocycles. The van der Waals surface area contributed by atoms with Crippen molar-refractivity contribution in [3.8, 4) is 0 Å². The summed E-state index contributed by atoms with van der Waals surface area (Å²) in [5.41, 5.74) is 1.07. The fraction of sp³-hybridized carbons (Fsp3) is 0.357. The molecule has 3 heteroatoms. The molecule has 0 saturated heterocycles. The van der Waals surface area contributed by atoms with E-state index in [-0.39, 0.29) is 11.8 Å². The lowest BCUT2D eigenvalue weighted by molar-refractivity contribution is 0.0651. The van der Waals surface area contributed by atoms with Gasteiger partial charge in [-0.3, -0.25) is 14.5 Å². The molecular weight excluding hydrogens is 214 g/mol. The van der Waals surface area contributed by atoms with Crippen molar-refractivity contribution >= 4 is 11.8 Å². The van der Waals surface area contributed by atoms with Gasteiger partial charge >= 0.3 is 0 Å². The zero-order valence-corrected chi connectivity index (χ0v) is 9.82. The van der Waals surface area contributed by atoms with E-state index in [1.165, 1.54) is 4.90 Å². The Bertz CT molecular complexity index is 405. The molecule has 2 rings (SSSR count). The molecule has 0 spiro atoms. The number of benzene rings is 1. The summed E-state index contributed by atoms with van der Waals surface area (Å²) in [5.74, 6) is -0.305. The van der Waals surface area contributed by atoms with E-state index in [1.807, 2.05) is 0 Å². The molecule has 1 aromatic carbocycles. The number of rotatable bonds is 5. The van der Waals surface area contributed by atoms with Crippen molar-refractivity contribution in [2.45, 2.75) is 25.7 Å². The Morgan fingerprint density at radius 1 is 0.941 bits per heavy atom. The Morgan fingerprint density at radius 3 is 2.06 bits per heavy atom. The Balaban J connectivity index is 2.03. The van der Waals surface area contributed by atoms with Crippen LogP contribution in [0.4, 0.5) is 0 Å². The van der Waals surface area contributed by atoms with Crippen molar-refractivity contribution in [3.63, 3.8) is 0 Å². The topological polar surface area (TPSA) is 37.4 Å². The van der Waals surface area contributed by atoms with Crippen LogP contribution >= 0.6 is 0 Å². The molecule has 0 aliphatic carbocycles. The molecule has 0 fully saturated rings. The van der Waals surface area contributed by atoms with Crippen molar-refractivity contribution in [2.24, 2.45) is 0 Å². The molecule has 89 valence electrons. The highest BCUT2D eigenvalue weighted by atomic mass is 16.2. The predicted octanol–water partition coefficient (Wildman–Crippen LogP) is 2.68. The quantitative estimate of drug-likeness (QED) is 0.576. The number of carbonyl (C=O) groups excluding carboxylic acids is 2. The average molecular weight is 230 g/mol. The van der Waals surface area contributed by atoms with Crippen LogP contribution in [0.1, 0.15) is 46.4 Å². The fourth-order valence-electron chi connectivity index (χ4n) is 2.07. The van der Waals surface area contributed by atoms with E-state index in [0.717, 1.165) is 25.7 Å². The summed E-state index contributed by atoms with van der Waals surface area (Å²) in [5, 5.41) is 0. The molecule has 0 bridgehead atoms. The molecule has 0 unspecified atom stereocenters. The normalized spacial score (nSPS) is 14.3. The maximum Gasteiger partial charge on any atom is 0.261 e. The molecule has 0 N–H and O–H groups in total. The standard InChI is InChI=1S/C14H16NO2/c1-2-3-4-7-10-15-13(16)11-8-5-6-9-12(11)14(15)17/h5-6,8-9H,1-4,7,10H2. The van der Waals surface area contributed by atoms with Crippen LogP contribution in [0.15, 0.2) is 24.3 Å². The molecule has 1 radical (unpaired) electrons. The third-order valence-electron chi connectivity index (χ3n) is 3.01. The summed E-state index contributed by atoms with van der Waals surface area (Å²) in [6.07, 6.45) is 3.82. The molecule has 0 saturated carbocycles. The third kappa shape index (κ3) is 2.23. The summed E-state index contributed by atoms with van der Waals surface area (Å²) in [6.45, 7) is 4.29. The third-order valence-corrected chi connectivity index (χ3v) is 3.01. The van der Waals surface area contributed by atoms with Gasteiger partial charge in [0.2, 0.25) is 0 Å². The number of carbonyl (C=O) groups is 2. The minimum atomic E-state index is -0.153. The van der Waals surface area contributed by atoms with Crippen LogP contribution in [0.25, 0.3) is 0 Å². The minimum Gasteiger partial charge on any atom is -0.274 e. The number of hydrogen-bond acceptors (Lipinski definition) is 2. The zero-order chi connectivity index (χ0) is 12.3. The maximum atomic E-state index is 12.0. The average Bonchev–Trinajstić information content (AvgIpc) is 2.60. The van der Waals surface area contributed by atoms with Crippen molar-refractivity contribution in [1.29, 1.82) is 0 Å². The largest absolute Gasteiger partial charge is 0.274 e. The first-order valence-electron chi connectivity index (χ1n) is 6.00. The number of hydrogen-bond donors (Lipinski definition) is 0. The number of nitrogens with zero attached hydrogens (tertiary/aromatic N) is 1. The summed E-state index contributed by atoms with van der Waals surface area (Å²) in [7, 11) is 0. The lowest BCUT2D eigenvalue weighted by Gasteiger charge is -2.13. The van der Waals surface area contributed by atoms with Crippen molar-refractivity contribution in [3.05, 3.63) is 42.3 Å². The maximum absolute atomic E-state index is 12.0. The number of amides is 2. The molecule has 1 aliphatic heterocycles. The summed E-state index contributed by atoms with van der Waals surface area (Å²) in [4.78, 5) is 25.3. The van der Waals surface area contributed by atoms with Gasteiger partial charge in [0.25, 0.3) is 11.8 Å². The van der Waals surface area contributed by atoms with Gasteiger partial charge in [0, 0.05) is 6.54 Å². The molecule has 0 atom stereocenters. The van der Waals surface area contributed by atoms with E-state index in [4.69, 9.17) is 0 Å². The highest BCUT2D eigenvalue weighted by Gasteiger charge is 2.34. The van der Waals surface area contributed by atoms with Gasteiger partial charge < -0.3 is 0 Å². The van der Waals surface area contributed by atoms with Crippen LogP contribution in [0.3, 0.4) is 0 Å². The Morgan fingerprint density at radius 2 is 1.53 bits per heavy atom. The summed E-state index contributed by atoms with van der Waals surface area (Å²) in [6, 6.07) is 7.00. The van der Waals surface area contributed by atoms with Gasteiger partial charge in [-0.1, -0.05) is 38.3 Å². The first-order chi connectivity index (χ1) is 8.25. The van der Waals surface area contributed by atoms with Crippen molar-refractivity contribution < 1.29 is 9.59 Å². The van der Waals surface area contributed by atoms with Gasteiger partial charge in [0.15, 0.2) is 0 Å². The number of imide groups is 1. The first-order valence-corrected chi connectivity index (χ1v) is 6.00. The second kappa shape index (κ2) is 5.13. The van der Waals surface area contributed by atoms with Gasteiger partial charge in [-0.05, 0) is 18.6 Å². The van der Waals surface area contributed by atoms with Crippen LogP contribution in [-0.4, -0.2) is 23.3 Å². The van der Waals surface area contributed by atoms with E-state index in [0.29, 0.717) is 17.7 Å². The van der Waals surface area contributed by atoms with Crippen LogP contribution < -0.4 is 0 Å². The highest BCUT2D eigenvalue weighted by Crippen LogP contribution is 2.22. The van der Waals surface area contributed by atoms with E-state index in [1.54, 1.807) is 24.3 Å². The Kier molecular flexibility index (Phi) is 3.57. The summed E-state index contributed by atoms with van der Waals surface area (Å²) < 4.78 is 0. The summed E-state index contributed by atoms with van der Waals surface area (Å²) >= 11 is 0. The van der Waals surface area contributed by atoms with E-state index in [9.17, 15) is 9.59 Å². The molecule has 1 aliphatic rings. The lowest BCUT2D eigenvalue weighted by atomic mass is 10.1. The monoisotopic (exact) mass is 230 g/mol. The zero-order valence-electron chi connectivity index (χ0n) is 9.82. The second-order valence-corrected chi connectivity index (χ2v) is 4.22. The Labute approximate surface area is 101 Å². The number of fused-ring (bicyclic) bond motifs is 1. The molecule has 0 aromatic heterocycles. The second-order valence-electron chi connectivity index (χ2n) is 4.22. The van der Waals surface area contributed by atoms with Crippen molar-refractivity contribution in [2.75, 3.05) is 6.54 Å². The number of unbranched alkanes of at least 4 members (excludes halogenated alkanes) is 3. The molecule has 3 nitrogen and oxygen atoms in total. The SMILES string of the molecule is [CH2]CCCCCN1C(=O)c2ccccc2C1=O. The van der Waals surface area contributed by atoms with Crippen LogP contribution in [0.2, 0.25) is 0 Å². The van der Waals surface area contributed by atoms with Crippen LogP contribution in [0, 0.1) is 6.92 Å². The Hall–Kier alpha value is -1.64. The van der Waals surface area contributed by atoms with Crippen LogP contribution in [-0.2, 0) is 0 Å². The van der Waals surface area contributed by atoms with Gasteiger partial charge in [-0.2, -0.15) is 0 Å². The van der Waals surface area contributed by atoms with Crippen molar-refractivity contribution in [1.82, 2.24) is 4.90 Å². The smallest absolute Gasteiger partial charge is 0.261 e. The van der Waals surface area contributed by atoms with Crippen LogP contribution in [0.5, 0.6) is 0 Å². The molecule has 17 heavy (non-hydrogen) atoms. The molecule has 2 amide bonds. The van der Waals surface area contributed by atoms with Gasteiger partial charge in [-0.25, -0.2) is 0 Å². The lowest BCUT2D eigenvalue weighted by Crippen LogP contribution is -2.30. The molecular formula is C14H16NO2. The van der Waals surface area contributed by atoms with E-state index in [2.05, 4.69) is 6.92 Å². The molecule has 1 aromatic rings.